The molecule has 0 saturated carbocycles. The first-order valence-corrected chi connectivity index (χ1v) is 15.5. The standard InChI is InChI=1S/C36H40N4O4/c1-38-23-30(29-14-8-9-15-32(29)38)35(43)40-22-28(41)20-33(40)34(42)37-31(36(44)39(2)21-24-10-4-3-5-11-24)19-25-16-17-26-12-6-7-13-27(26)18-25/h3-5,8-11,14-18,23,28,31,33,41H,6-7,12-13,19-22H2,1-2H3,(H,37,42)/t28-,31-,33?/m1/s1. The molecule has 1 aliphatic carbocycles. The number of para-hydroxylation sites is 1. The third-order valence-corrected chi connectivity index (χ3v) is 9.08. The molecule has 228 valence electrons. The number of benzene rings is 3. The van der Waals surface area contributed by atoms with E-state index in [0.717, 1.165) is 41.3 Å². The zero-order valence-electron chi connectivity index (χ0n) is 25.4. The summed E-state index contributed by atoms with van der Waals surface area (Å²) in [4.78, 5) is 44.8. The lowest BCUT2D eigenvalue weighted by Gasteiger charge is -2.29. The normalized spacial score (nSPS) is 18.6. The smallest absolute Gasteiger partial charge is 0.256 e. The van der Waals surface area contributed by atoms with Gasteiger partial charge in [0.05, 0.1) is 11.7 Å². The van der Waals surface area contributed by atoms with Gasteiger partial charge in [0, 0.05) is 57.1 Å². The number of β-amino-alcohol motifs (C(OH)–C–C–N with tert-alkyl or cyclic N) is 1. The Hall–Kier alpha value is -4.43. The van der Waals surface area contributed by atoms with E-state index in [1.807, 2.05) is 66.2 Å². The molecular weight excluding hydrogens is 552 g/mol. The van der Waals surface area contributed by atoms with Crippen molar-refractivity contribution in [3.8, 4) is 0 Å². The van der Waals surface area contributed by atoms with Gasteiger partial charge in [-0.15, -0.1) is 0 Å². The van der Waals surface area contributed by atoms with Crippen LogP contribution in [-0.4, -0.2) is 69.0 Å². The summed E-state index contributed by atoms with van der Waals surface area (Å²) in [5.74, 6) is -0.942. The van der Waals surface area contributed by atoms with Gasteiger partial charge in [-0.25, -0.2) is 0 Å². The summed E-state index contributed by atoms with van der Waals surface area (Å²) in [6.07, 6.45) is 5.82. The highest BCUT2D eigenvalue weighted by molar-refractivity contribution is 6.08. The zero-order valence-corrected chi connectivity index (χ0v) is 25.4. The number of aliphatic hydroxyl groups is 1. The van der Waals surface area contributed by atoms with Gasteiger partial charge < -0.3 is 24.8 Å². The molecule has 2 N–H and O–H groups in total. The second kappa shape index (κ2) is 12.7. The van der Waals surface area contributed by atoms with Crippen LogP contribution >= 0.6 is 0 Å². The Balaban J connectivity index is 1.25. The van der Waals surface area contributed by atoms with E-state index < -0.39 is 24.1 Å². The maximum Gasteiger partial charge on any atom is 0.256 e. The lowest BCUT2D eigenvalue weighted by Crippen LogP contribution is -2.54. The van der Waals surface area contributed by atoms with Crippen molar-refractivity contribution in [1.82, 2.24) is 19.7 Å². The van der Waals surface area contributed by atoms with Crippen molar-refractivity contribution < 1.29 is 19.5 Å². The van der Waals surface area contributed by atoms with Gasteiger partial charge in [0.1, 0.15) is 12.1 Å². The number of nitrogens with one attached hydrogen (secondary N) is 1. The third-order valence-electron chi connectivity index (χ3n) is 9.08. The Morgan fingerprint density at radius 1 is 0.955 bits per heavy atom. The number of carbonyl (C=O) groups is 3. The first kappa shape index (κ1) is 29.6. The Bertz CT molecular complexity index is 1680. The average molecular weight is 593 g/mol. The molecule has 3 aromatic carbocycles. The number of likely N-dealkylation sites (tertiary alicyclic amines) is 1. The molecule has 1 unspecified atom stereocenters. The summed E-state index contributed by atoms with van der Waals surface area (Å²) < 4.78 is 1.89. The monoisotopic (exact) mass is 592 g/mol. The summed E-state index contributed by atoms with van der Waals surface area (Å²) in [7, 11) is 3.63. The molecule has 0 radical (unpaired) electrons. The molecule has 2 heterocycles. The molecule has 1 fully saturated rings. The predicted octanol–water partition coefficient (Wildman–Crippen LogP) is 4.02. The van der Waals surface area contributed by atoms with E-state index in [2.05, 4.69) is 23.5 Å². The molecule has 3 amide bonds. The number of hydrogen-bond donors (Lipinski definition) is 2. The van der Waals surface area contributed by atoms with Crippen LogP contribution in [0.2, 0.25) is 0 Å². The molecule has 0 spiro atoms. The molecular formula is C36H40N4O4. The van der Waals surface area contributed by atoms with Crippen molar-refractivity contribution in [2.45, 2.75) is 63.3 Å². The SMILES string of the molecule is CN(Cc1ccccc1)C(=O)[C@@H](Cc1ccc2c(c1)CCCC2)NC(=O)C1C[C@@H](O)CN1C(=O)c1cn(C)c2ccccc12. The highest BCUT2D eigenvalue weighted by Gasteiger charge is 2.41. The van der Waals surface area contributed by atoms with E-state index in [-0.39, 0.29) is 24.8 Å². The number of nitrogens with zero attached hydrogens (tertiary/aromatic N) is 3. The number of carbonyl (C=O) groups excluding carboxylic acids is 3. The van der Waals surface area contributed by atoms with Crippen LogP contribution in [0.4, 0.5) is 0 Å². The van der Waals surface area contributed by atoms with Crippen molar-refractivity contribution in [2.24, 2.45) is 7.05 Å². The van der Waals surface area contributed by atoms with E-state index in [4.69, 9.17) is 0 Å². The first-order chi connectivity index (χ1) is 21.3. The van der Waals surface area contributed by atoms with Crippen LogP contribution in [0, 0.1) is 0 Å². The molecule has 0 bridgehead atoms. The number of aryl methyl sites for hydroxylation is 3. The molecule has 2 aliphatic rings. The molecule has 3 atom stereocenters. The van der Waals surface area contributed by atoms with Gasteiger partial charge in [0.15, 0.2) is 0 Å². The number of amides is 3. The fraction of sp³-hybridized carbons (Fsp3) is 0.361. The Morgan fingerprint density at radius 2 is 1.68 bits per heavy atom. The highest BCUT2D eigenvalue weighted by atomic mass is 16.3. The van der Waals surface area contributed by atoms with Gasteiger partial charge in [-0.3, -0.25) is 14.4 Å². The minimum absolute atomic E-state index is 0.0531. The number of aliphatic hydroxyl groups excluding tert-OH is 1. The fourth-order valence-electron chi connectivity index (χ4n) is 6.77. The van der Waals surface area contributed by atoms with Crippen LogP contribution < -0.4 is 5.32 Å². The topological polar surface area (TPSA) is 94.9 Å². The van der Waals surface area contributed by atoms with Gasteiger partial charge in [0.2, 0.25) is 11.8 Å². The summed E-state index contributed by atoms with van der Waals surface area (Å²) in [5, 5.41) is 14.4. The summed E-state index contributed by atoms with van der Waals surface area (Å²) in [5.41, 5.74) is 6.05. The van der Waals surface area contributed by atoms with Crippen molar-refractivity contribution >= 4 is 28.6 Å². The average Bonchev–Trinajstić information content (AvgIpc) is 3.60. The summed E-state index contributed by atoms with van der Waals surface area (Å²) in [6.45, 7) is 0.460. The number of rotatable bonds is 8. The Labute approximate surface area is 258 Å². The lowest BCUT2D eigenvalue weighted by molar-refractivity contribution is -0.136. The molecule has 1 saturated heterocycles. The molecule has 1 aliphatic heterocycles. The third kappa shape index (κ3) is 6.13. The second-order valence-electron chi connectivity index (χ2n) is 12.3. The number of likely N-dealkylation sites (N-methyl/N-ethyl adjacent to an activating group) is 1. The van der Waals surface area contributed by atoms with E-state index >= 15 is 0 Å². The number of aromatic nitrogens is 1. The van der Waals surface area contributed by atoms with E-state index in [1.165, 1.54) is 22.4 Å². The van der Waals surface area contributed by atoms with Gasteiger partial charge in [-0.05, 0) is 54.0 Å². The molecule has 1 aromatic heterocycles. The van der Waals surface area contributed by atoms with E-state index in [1.54, 1.807) is 18.1 Å². The van der Waals surface area contributed by atoms with Gasteiger partial charge in [-0.1, -0.05) is 66.7 Å². The van der Waals surface area contributed by atoms with Crippen LogP contribution in [0.3, 0.4) is 0 Å². The van der Waals surface area contributed by atoms with Crippen molar-refractivity contribution in [1.29, 1.82) is 0 Å². The van der Waals surface area contributed by atoms with Crippen molar-refractivity contribution in [3.05, 3.63) is 107 Å². The molecule has 8 nitrogen and oxygen atoms in total. The predicted molar refractivity (Wildman–Crippen MR) is 170 cm³/mol. The molecule has 4 aromatic rings. The van der Waals surface area contributed by atoms with E-state index in [0.29, 0.717) is 18.5 Å². The van der Waals surface area contributed by atoms with E-state index in [9.17, 15) is 19.5 Å². The van der Waals surface area contributed by atoms with Crippen LogP contribution in [0.15, 0.2) is 79.0 Å². The van der Waals surface area contributed by atoms with Crippen LogP contribution in [0.5, 0.6) is 0 Å². The van der Waals surface area contributed by atoms with Gasteiger partial charge in [-0.2, -0.15) is 0 Å². The lowest BCUT2D eigenvalue weighted by atomic mass is 9.89. The van der Waals surface area contributed by atoms with Gasteiger partial charge >= 0.3 is 0 Å². The van der Waals surface area contributed by atoms with Gasteiger partial charge in [0.25, 0.3) is 5.91 Å². The highest BCUT2D eigenvalue weighted by Crippen LogP contribution is 2.27. The minimum atomic E-state index is -0.894. The Kier molecular flexibility index (Phi) is 8.53. The fourth-order valence-corrected chi connectivity index (χ4v) is 6.77. The van der Waals surface area contributed by atoms with Crippen molar-refractivity contribution in [3.63, 3.8) is 0 Å². The van der Waals surface area contributed by atoms with Crippen LogP contribution in [0.1, 0.15) is 51.9 Å². The minimum Gasteiger partial charge on any atom is -0.391 e. The van der Waals surface area contributed by atoms with Crippen molar-refractivity contribution in [2.75, 3.05) is 13.6 Å². The maximum atomic E-state index is 13.9. The first-order valence-electron chi connectivity index (χ1n) is 15.5. The summed E-state index contributed by atoms with van der Waals surface area (Å²) in [6, 6.07) is 22.0. The largest absolute Gasteiger partial charge is 0.391 e. The Morgan fingerprint density at radius 3 is 2.48 bits per heavy atom. The zero-order chi connectivity index (χ0) is 30.8. The van der Waals surface area contributed by atoms with Crippen LogP contribution in [0.25, 0.3) is 10.9 Å². The molecule has 6 rings (SSSR count). The molecule has 44 heavy (non-hydrogen) atoms. The summed E-state index contributed by atoms with van der Waals surface area (Å²) >= 11 is 0. The quantitative estimate of drug-likeness (QED) is 0.323. The van der Waals surface area contributed by atoms with Crippen LogP contribution in [-0.2, 0) is 42.4 Å². The molecule has 8 heteroatoms. The second-order valence-corrected chi connectivity index (χ2v) is 12.3. The maximum absolute atomic E-state index is 13.9. The number of hydrogen-bond acceptors (Lipinski definition) is 4. The number of fused-ring (bicyclic) bond motifs is 2.